The fraction of sp³-hybridized carbons (Fsp3) is 0.818. The summed E-state index contributed by atoms with van der Waals surface area (Å²) >= 11 is 0. The van der Waals surface area contributed by atoms with Gasteiger partial charge in [-0.15, -0.1) is 0 Å². The van der Waals surface area contributed by atoms with Crippen LogP contribution in [0.1, 0.15) is 95.8 Å². The normalized spacial score (nSPS) is 12.5. The Bertz CT molecular complexity index is 858. The molecule has 2 heterocycles. The fourth-order valence-corrected chi connectivity index (χ4v) is 5.96. The maximum Gasteiger partial charge on any atom is 0.256 e. The molecule has 0 spiro atoms. The molecule has 0 saturated heterocycles. The Morgan fingerprint density at radius 2 is 1.07 bits per heavy atom. The Balaban J connectivity index is 0.000000453. The van der Waals surface area contributed by atoms with Gasteiger partial charge in [-0.3, -0.25) is 14.7 Å². The molecule has 0 aliphatic heterocycles. The molecule has 7 heteroatoms. The van der Waals surface area contributed by atoms with Crippen molar-refractivity contribution in [2.24, 2.45) is 7.05 Å². The summed E-state index contributed by atoms with van der Waals surface area (Å²) in [7, 11) is 2.05. The molecule has 0 aliphatic carbocycles. The molecule has 2 aromatic heterocycles. The maximum atomic E-state index is 2.57. The Hall–Kier alpha value is -1.70. The third kappa shape index (κ3) is 12.0. The third-order valence-corrected chi connectivity index (χ3v) is 8.02. The molecule has 0 bridgehead atoms. The highest BCUT2D eigenvalue weighted by Crippen LogP contribution is 2.08. The highest BCUT2D eigenvalue weighted by atomic mass is 15.2. The van der Waals surface area contributed by atoms with Crippen molar-refractivity contribution in [3.63, 3.8) is 0 Å². The quantitative estimate of drug-likeness (QED) is 0.270. The molecule has 0 radical (unpaired) electrons. The van der Waals surface area contributed by atoms with Crippen molar-refractivity contribution in [1.82, 2.24) is 23.8 Å². The number of nitrogens with zero attached hydrogens (tertiary/aromatic N) is 7. The third-order valence-electron chi connectivity index (χ3n) is 8.02. The van der Waals surface area contributed by atoms with E-state index in [2.05, 4.69) is 161 Å². The van der Waals surface area contributed by atoms with E-state index in [1.54, 1.807) is 0 Å². The van der Waals surface area contributed by atoms with Gasteiger partial charge in [0.1, 0.15) is 44.4 Å². The Labute approximate surface area is 248 Å². The van der Waals surface area contributed by atoms with Crippen LogP contribution in [0.3, 0.4) is 0 Å². The molecule has 2 rings (SSSR count). The van der Waals surface area contributed by atoms with Crippen LogP contribution in [-0.4, -0.2) is 79.7 Å². The molecule has 0 aromatic carbocycles. The topological polar surface area (TPSA) is 27.3 Å². The second kappa shape index (κ2) is 18.0. The highest BCUT2D eigenvalue weighted by molar-refractivity contribution is 4.84. The van der Waals surface area contributed by atoms with Crippen molar-refractivity contribution in [3.8, 4) is 0 Å². The Morgan fingerprint density at radius 3 is 1.48 bits per heavy atom. The number of imidazole rings is 2. The van der Waals surface area contributed by atoms with Gasteiger partial charge >= 0.3 is 0 Å². The van der Waals surface area contributed by atoms with Gasteiger partial charge in [-0.25, -0.2) is 18.3 Å². The minimum Gasteiger partial charge on any atom is -0.295 e. The van der Waals surface area contributed by atoms with Crippen LogP contribution in [-0.2, 0) is 33.1 Å². The summed E-state index contributed by atoms with van der Waals surface area (Å²) in [6.07, 6.45) is 12.0. The molecule has 0 aliphatic rings. The first-order chi connectivity index (χ1) is 18.7. The monoisotopic (exact) mass is 562 g/mol. The van der Waals surface area contributed by atoms with Crippen molar-refractivity contribution in [2.45, 2.75) is 152 Å². The first-order valence-electron chi connectivity index (χ1n) is 16.0. The van der Waals surface area contributed by atoms with Gasteiger partial charge in [-0.1, -0.05) is 6.92 Å². The van der Waals surface area contributed by atoms with Gasteiger partial charge in [-0.2, -0.15) is 0 Å². The van der Waals surface area contributed by atoms with Crippen molar-refractivity contribution in [1.29, 1.82) is 0 Å². The molecule has 232 valence electrons. The molecule has 0 unspecified atom stereocenters. The molecule has 2 aromatic rings. The van der Waals surface area contributed by atoms with Crippen LogP contribution in [0.25, 0.3) is 0 Å². The van der Waals surface area contributed by atoms with Crippen molar-refractivity contribution in [3.05, 3.63) is 36.9 Å². The van der Waals surface area contributed by atoms with Gasteiger partial charge in [0.2, 0.25) is 6.33 Å². The molecular formula is C33H67N7+2. The largest absolute Gasteiger partial charge is 0.295 e. The van der Waals surface area contributed by atoms with Crippen molar-refractivity contribution < 1.29 is 9.13 Å². The van der Waals surface area contributed by atoms with E-state index >= 15 is 0 Å². The van der Waals surface area contributed by atoms with E-state index in [0.29, 0.717) is 36.3 Å². The van der Waals surface area contributed by atoms with Crippen LogP contribution >= 0.6 is 0 Å². The van der Waals surface area contributed by atoms with E-state index in [1.807, 2.05) is 0 Å². The highest BCUT2D eigenvalue weighted by Gasteiger charge is 2.21. The first kappa shape index (κ1) is 36.3. The van der Waals surface area contributed by atoms with Gasteiger partial charge in [0.25, 0.3) is 5.82 Å². The second-order valence-corrected chi connectivity index (χ2v) is 13.0. The standard InChI is InChI=1S/C21H43N4.C12H24N3/c1-10-21-22(13-15-24(17(2)3)18(4)5)11-12-23(21)14-16-25(19(6)7)20(8)9;1-11(2)15(12(3)4)9-8-14-7-6-13(5)10-14/h11-12,17-20H,10,13-16H2,1-9H3;6-7,10-12H,8-9H2,1-5H3/q2*+1. The predicted molar refractivity (Wildman–Crippen MR) is 171 cm³/mol. The Kier molecular flexibility index (Phi) is 16.3. The number of aromatic nitrogens is 4. The van der Waals surface area contributed by atoms with Crippen LogP contribution in [0.4, 0.5) is 0 Å². The van der Waals surface area contributed by atoms with Gasteiger partial charge in [0.15, 0.2) is 0 Å². The van der Waals surface area contributed by atoms with Gasteiger partial charge < -0.3 is 0 Å². The van der Waals surface area contributed by atoms with E-state index in [0.717, 1.165) is 45.7 Å². The average molecular weight is 562 g/mol. The Morgan fingerprint density at radius 1 is 0.625 bits per heavy atom. The smallest absolute Gasteiger partial charge is 0.256 e. The van der Waals surface area contributed by atoms with Crippen LogP contribution in [0.5, 0.6) is 0 Å². The molecule has 0 fully saturated rings. The first-order valence-corrected chi connectivity index (χ1v) is 16.0. The predicted octanol–water partition coefficient (Wildman–Crippen LogP) is 5.01. The SMILES string of the molecule is CC(C)N(CCn1cc[n+](C)c1)C(C)C.CCc1n(CCN(C(C)C)C(C)C)cc[n+]1CCN(C(C)C)C(C)C. The van der Waals surface area contributed by atoms with E-state index in [-0.39, 0.29) is 0 Å². The lowest BCUT2D eigenvalue weighted by Gasteiger charge is -2.30. The lowest BCUT2D eigenvalue weighted by Crippen LogP contribution is -2.47. The van der Waals surface area contributed by atoms with Crippen molar-refractivity contribution in [2.75, 3.05) is 19.6 Å². The summed E-state index contributed by atoms with van der Waals surface area (Å²) in [4.78, 5) is 7.66. The number of hydrogen-bond acceptors (Lipinski definition) is 3. The molecule has 0 N–H and O–H groups in total. The summed E-state index contributed by atoms with van der Waals surface area (Å²) in [5.74, 6) is 1.44. The second-order valence-electron chi connectivity index (χ2n) is 13.0. The van der Waals surface area contributed by atoms with Gasteiger partial charge in [0.05, 0.1) is 7.05 Å². The van der Waals surface area contributed by atoms with Crippen molar-refractivity contribution >= 4 is 0 Å². The molecule has 0 atom stereocenters. The molecule has 40 heavy (non-hydrogen) atoms. The molecule has 0 saturated carbocycles. The average Bonchev–Trinajstić information content (AvgIpc) is 3.43. The summed E-state index contributed by atoms with van der Waals surface area (Å²) < 4.78 is 9.21. The van der Waals surface area contributed by atoms with Gasteiger partial charge in [-0.05, 0) is 83.1 Å². The molecule has 0 amide bonds. The lowest BCUT2D eigenvalue weighted by molar-refractivity contribution is -0.703. The molecule has 7 nitrogen and oxygen atoms in total. The number of hydrogen-bond donors (Lipinski definition) is 0. The van der Waals surface area contributed by atoms with Gasteiger partial charge in [0, 0.05) is 62.3 Å². The minimum atomic E-state index is 0.596. The maximum absolute atomic E-state index is 2.57. The summed E-state index contributed by atoms with van der Waals surface area (Å²) in [6.45, 7) is 36.2. The van der Waals surface area contributed by atoms with Crippen LogP contribution in [0.15, 0.2) is 31.1 Å². The fourth-order valence-electron chi connectivity index (χ4n) is 5.96. The lowest BCUT2D eigenvalue weighted by atomic mass is 10.2. The minimum absolute atomic E-state index is 0.596. The number of aryl methyl sites for hydroxylation is 1. The summed E-state index contributed by atoms with van der Waals surface area (Å²) in [6, 6.07) is 3.62. The van der Waals surface area contributed by atoms with Crippen LogP contribution in [0.2, 0.25) is 0 Å². The zero-order valence-corrected chi connectivity index (χ0v) is 28.9. The van der Waals surface area contributed by atoms with Crippen LogP contribution in [0, 0.1) is 0 Å². The zero-order chi connectivity index (χ0) is 30.6. The molecular weight excluding hydrogens is 494 g/mol. The zero-order valence-electron chi connectivity index (χ0n) is 28.9. The van der Waals surface area contributed by atoms with E-state index in [9.17, 15) is 0 Å². The van der Waals surface area contributed by atoms with E-state index in [4.69, 9.17) is 0 Å². The van der Waals surface area contributed by atoms with Crippen LogP contribution < -0.4 is 9.13 Å². The van der Waals surface area contributed by atoms with E-state index < -0.39 is 0 Å². The summed E-state index contributed by atoms with van der Waals surface area (Å²) in [5.41, 5.74) is 0. The van der Waals surface area contributed by atoms with E-state index in [1.165, 1.54) is 5.82 Å². The summed E-state index contributed by atoms with van der Waals surface area (Å²) in [5, 5.41) is 0. The number of rotatable bonds is 16.